The molecule has 1 N–H and O–H groups in total. The third-order valence-corrected chi connectivity index (χ3v) is 3.44. The number of ether oxygens (including phenoxy) is 1. The highest BCUT2D eigenvalue weighted by molar-refractivity contribution is 7.13. The fraction of sp³-hybridized carbons (Fsp3) is 0.600. The molecule has 1 amide bonds. The molecule has 2 atom stereocenters. The van der Waals surface area contributed by atoms with Gasteiger partial charge in [0.2, 0.25) is 5.91 Å². The van der Waals surface area contributed by atoms with Gasteiger partial charge >= 0.3 is 0 Å². The van der Waals surface area contributed by atoms with Gasteiger partial charge < -0.3 is 10.1 Å². The summed E-state index contributed by atoms with van der Waals surface area (Å²) in [4.78, 5) is 15.8. The first kappa shape index (κ1) is 10.6. The second-order valence-corrected chi connectivity index (χ2v) is 4.63. The van der Waals surface area contributed by atoms with Gasteiger partial charge in [-0.15, -0.1) is 11.3 Å². The van der Waals surface area contributed by atoms with E-state index in [1.165, 1.54) is 11.3 Å². The number of aromatic nitrogens is 1. The van der Waals surface area contributed by atoms with E-state index in [0.717, 1.165) is 13.0 Å². The van der Waals surface area contributed by atoms with E-state index in [4.69, 9.17) is 4.74 Å². The van der Waals surface area contributed by atoms with Crippen molar-refractivity contribution in [1.29, 1.82) is 0 Å². The van der Waals surface area contributed by atoms with Crippen LogP contribution in [0.15, 0.2) is 11.6 Å². The van der Waals surface area contributed by atoms with Crippen LogP contribution in [0.2, 0.25) is 0 Å². The van der Waals surface area contributed by atoms with Gasteiger partial charge in [-0.05, 0) is 12.3 Å². The fourth-order valence-electron chi connectivity index (χ4n) is 1.67. The molecule has 1 aliphatic rings. The van der Waals surface area contributed by atoms with Crippen molar-refractivity contribution in [3.8, 4) is 0 Å². The highest BCUT2D eigenvalue weighted by Gasteiger charge is 2.27. The topological polar surface area (TPSA) is 51.2 Å². The normalized spacial score (nSPS) is 22.6. The third kappa shape index (κ3) is 2.54. The van der Waals surface area contributed by atoms with Crippen LogP contribution in [-0.4, -0.2) is 24.1 Å². The van der Waals surface area contributed by atoms with Crippen LogP contribution < -0.4 is 5.32 Å². The molecule has 1 aliphatic heterocycles. The maximum absolute atomic E-state index is 11.8. The molecule has 2 rings (SSSR count). The van der Waals surface area contributed by atoms with Gasteiger partial charge in [0.25, 0.3) is 0 Å². The molecule has 0 radical (unpaired) electrons. The van der Waals surface area contributed by atoms with Gasteiger partial charge in [-0.1, -0.05) is 6.92 Å². The monoisotopic (exact) mass is 226 g/mol. The van der Waals surface area contributed by atoms with Crippen molar-refractivity contribution in [2.45, 2.75) is 13.3 Å². The summed E-state index contributed by atoms with van der Waals surface area (Å²) >= 11 is 1.44. The first-order valence-electron chi connectivity index (χ1n) is 5.05. The zero-order valence-corrected chi connectivity index (χ0v) is 9.42. The summed E-state index contributed by atoms with van der Waals surface area (Å²) in [7, 11) is 0. The van der Waals surface area contributed by atoms with E-state index in [9.17, 15) is 4.79 Å². The Balaban J connectivity index is 1.89. The van der Waals surface area contributed by atoms with E-state index >= 15 is 0 Å². The van der Waals surface area contributed by atoms with Crippen LogP contribution in [0.25, 0.3) is 0 Å². The molecule has 0 bridgehead atoms. The molecule has 2 unspecified atom stereocenters. The lowest BCUT2D eigenvalue weighted by atomic mass is 9.93. The molecule has 4 nitrogen and oxygen atoms in total. The highest BCUT2D eigenvalue weighted by atomic mass is 32.1. The molecule has 0 spiro atoms. The number of hydrogen-bond donors (Lipinski definition) is 1. The molecule has 1 aromatic rings. The highest BCUT2D eigenvalue weighted by Crippen LogP contribution is 2.23. The number of anilines is 1. The molecule has 1 saturated heterocycles. The lowest BCUT2D eigenvalue weighted by Gasteiger charge is -2.15. The van der Waals surface area contributed by atoms with Crippen molar-refractivity contribution >= 4 is 22.4 Å². The summed E-state index contributed by atoms with van der Waals surface area (Å²) in [5, 5.41) is 5.33. The van der Waals surface area contributed by atoms with Gasteiger partial charge in [0.05, 0.1) is 6.61 Å². The number of hydrogen-bond acceptors (Lipinski definition) is 4. The Morgan fingerprint density at radius 3 is 3.27 bits per heavy atom. The summed E-state index contributed by atoms with van der Waals surface area (Å²) in [6, 6.07) is 0. The number of nitrogens with one attached hydrogen (secondary N) is 1. The fourth-order valence-corrected chi connectivity index (χ4v) is 2.20. The van der Waals surface area contributed by atoms with Crippen molar-refractivity contribution in [1.82, 2.24) is 4.98 Å². The number of carbonyl (C=O) groups excluding carboxylic acids is 1. The molecule has 82 valence electrons. The van der Waals surface area contributed by atoms with E-state index in [-0.39, 0.29) is 11.8 Å². The van der Waals surface area contributed by atoms with Gasteiger partial charge in [0.1, 0.15) is 0 Å². The first-order chi connectivity index (χ1) is 7.27. The second-order valence-electron chi connectivity index (χ2n) is 3.74. The lowest BCUT2D eigenvalue weighted by molar-refractivity contribution is -0.120. The molecule has 2 heterocycles. The van der Waals surface area contributed by atoms with Gasteiger partial charge in [-0.3, -0.25) is 4.79 Å². The van der Waals surface area contributed by atoms with Crippen molar-refractivity contribution in [3.63, 3.8) is 0 Å². The van der Waals surface area contributed by atoms with E-state index in [1.54, 1.807) is 6.20 Å². The Bertz CT molecular complexity index is 320. The maximum atomic E-state index is 11.8. The molecule has 1 aromatic heterocycles. The lowest BCUT2D eigenvalue weighted by Crippen LogP contribution is -2.27. The quantitative estimate of drug-likeness (QED) is 0.854. The summed E-state index contributed by atoms with van der Waals surface area (Å²) in [6.07, 6.45) is 2.66. The summed E-state index contributed by atoms with van der Waals surface area (Å²) in [6.45, 7) is 3.42. The molecule has 5 heteroatoms. The van der Waals surface area contributed by atoms with E-state index < -0.39 is 0 Å². The standard InChI is InChI=1S/C10H14N2O2S/c1-7(8-2-4-14-6-8)9(13)12-10-11-3-5-15-10/h3,5,7-8H,2,4,6H2,1H3,(H,11,12,13). The van der Waals surface area contributed by atoms with Crippen molar-refractivity contribution < 1.29 is 9.53 Å². The van der Waals surface area contributed by atoms with Crippen molar-refractivity contribution in [2.24, 2.45) is 11.8 Å². The van der Waals surface area contributed by atoms with Gasteiger partial charge in [0, 0.05) is 24.1 Å². The average Bonchev–Trinajstić information content (AvgIpc) is 2.88. The van der Waals surface area contributed by atoms with Gasteiger partial charge in [-0.2, -0.15) is 0 Å². The van der Waals surface area contributed by atoms with Crippen LogP contribution in [0.1, 0.15) is 13.3 Å². The largest absolute Gasteiger partial charge is 0.381 e. The minimum absolute atomic E-state index is 0.00333. The molecular weight excluding hydrogens is 212 g/mol. The Hall–Kier alpha value is -0.940. The predicted molar refractivity (Wildman–Crippen MR) is 58.8 cm³/mol. The number of nitrogens with zero attached hydrogens (tertiary/aromatic N) is 1. The van der Waals surface area contributed by atoms with Crippen LogP contribution >= 0.6 is 11.3 Å². The molecular formula is C10H14N2O2S. The van der Waals surface area contributed by atoms with Crippen molar-refractivity contribution in [2.75, 3.05) is 18.5 Å². The summed E-state index contributed by atoms with van der Waals surface area (Å²) in [5.74, 6) is 0.391. The zero-order valence-electron chi connectivity index (χ0n) is 8.60. The Kier molecular flexibility index (Phi) is 3.33. The third-order valence-electron chi connectivity index (χ3n) is 2.75. The number of rotatable bonds is 3. The molecule has 1 fully saturated rings. The summed E-state index contributed by atoms with van der Waals surface area (Å²) in [5.41, 5.74) is 0. The number of amides is 1. The van der Waals surface area contributed by atoms with Crippen LogP contribution in [0.4, 0.5) is 5.13 Å². The maximum Gasteiger partial charge on any atom is 0.229 e. The van der Waals surface area contributed by atoms with Gasteiger partial charge in [-0.25, -0.2) is 4.98 Å². The SMILES string of the molecule is CC(C(=O)Nc1nccs1)C1CCOC1. The Morgan fingerprint density at radius 2 is 2.67 bits per heavy atom. The molecule has 0 aliphatic carbocycles. The minimum atomic E-state index is -0.00333. The first-order valence-corrected chi connectivity index (χ1v) is 5.93. The van der Waals surface area contributed by atoms with Gasteiger partial charge in [0.15, 0.2) is 5.13 Å². The predicted octanol–water partition coefficient (Wildman–Crippen LogP) is 1.75. The molecule has 15 heavy (non-hydrogen) atoms. The zero-order chi connectivity index (χ0) is 10.7. The smallest absolute Gasteiger partial charge is 0.229 e. The Labute approximate surface area is 92.7 Å². The van der Waals surface area contributed by atoms with Crippen molar-refractivity contribution in [3.05, 3.63) is 11.6 Å². The average molecular weight is 226 g/mol. The summed E-state index contributed by atoms with van der Waals surface area (Å²) < 4.78 is 5.27. The number of carbonyl (C=O) groups is 1. The van der Waals surface area contributed by atoms with E-state index in [2.05, 4.69) is 10.3 Å². The molecule has 0 saturated carbocycles. The van der Waals surface area contributed by atoms with Crippen LogP contribution in [0.3, 0.4) is 0 Å². The minimum Gasteiger partial charge on any atom is -0.381 e. The molecule has 0 aromatic carbocycles. The number of thiazole rings is 1. The van der Waals surface area contributed by atoms with Crippen LogP contribution in [0.5, 0.6) is 0 Å². The second kappa shape index (κ2) is 4.72. The van der Waals surface area contributed by atoms with E-state index in [1.807, 2.05) is 12.3 Å². The van der Waals surface area contributed by atoms with Crippen LogP contribution in [0, 0.1) is 11.8 Å². The Morgan fingerprint density at radius 1 is 1.80 bits per heavy atom. The van der Waals surface area contributed by atoms with E-state index in [0.29, 0.717) is 17.7 Å². The van der Waals surface area contributed by atoms with Crippen LogP contribution in [-0.2, 0) is 9.53 Å².